The molecule has 1 atom stereocenters. The Morgan fingerprint density at radius 1 is 1.33 bits per heavy atom. The summed E-state index contributed by atoms with van der Waals surface area (Å²) in [5.74, 6) is 0.684. The maximum Gasteiger partial charge on any atom is 0.192 e. The monoisotopic (exact) mass is 346 g/mol. The van der Waals surface area contributed by atoms with E-state index >= 15 is 0 Å². The fourth-order valence-electron chi connectivity index (χ4n) is 2.73. The molecule has 0 saturated heterocycles. The number of rotatable bonds is 7. The summed E-state index contributed by atoms with van der Waals surface area (Å²) < 4.78 is 1.91. The van der Waals surface area contributed by atoms with Crippen molar-refractivity contribution in [2.24, 2.45) is 0 Å². The molecule has 7 heteroatoms. The number of carbonyl (C=O) groups is 2. The van der Waals surface area contributed by atoms with Crippen molar-refractivity contribution in [3.8, 4) is 0 Å². The van der Waals surface area contributed by atoms with Gasteiger partial charge in [-0.25, -0.2) is 0 Å². The van der Waals surface area contributed by atoms with E-state index in [0.29, 0.717) is 28.5 Å². The minimum absolute atomic E-state index is 0.0399. The molecule has 2 heterocycles. The molecule has 1 N–H and O–H groups in total. The highest BCUT2D eigenvalue weighted by atomic mass is 32.2. The summed E-state index contributed by atoms with van der Waals surface area (Å²) >= 11 is 1.35. The Morgan fingerprint density at radius 2 is 2.00 bits per heavy atom. The summed E-state index contributed by atoms with van der Waals surface area (Å²) in [6.07, 6.45) is 1.77. The Kier molecular flexibility index (Phi) is 5.43. The normalized spacial score (nSPS) is 12.2. The number of carbonyl (C=O) groups excluding carboxylic acids is 2. The van der Waals surface area contributed by atoms with Gasteiger partial charge in [0.1, 0.15) is 5.82 Å². The summed E-state index contributed by atoms with van der Waals surface area (Å²) in [4.78, 5) is 27.6. The molecule has 0 saturated carbocycles. The highest BCUT2D eigenvalue weighted by Gasteiger charge is 2.25. The average molecular weight is 346 g/mol. The fourth-order valence-corrected chi connectivity index (χ4v) is 3.69. The number of allylic oxidation sites excluding steroid dienone is 1. The van der Waals surface area contributed by atoms with E-state index in [4.69, 9.17) is 0 Å². The van der Waals surface area contributed by atoms with Crippen LogP contribution in [0.5, 0.6) is 0 Å². The summed E-state index contributed by atoms with van der Waals surface area (Å²) in [6, 6.07) is 0. The van der Waals surface area contributed by atoms with Crippen molar-refractivity contribution in [1.82, 2.24) is 19.7 Å². The molecule has 0 aliphatic rings. The first kappa shape index (κ1) is 18.2. The molecule has 0 unspecified atom stereocenters. The molecule has 0 spiro atoms. The number of H-pyrrole nitrogens is 1. The molecule has 0 bridgehead atoms. The van der Waals surface area contributed by atoms with Crippen LogP contribution in [-0.4, -0.2) is 36.6 Å². The number of thioether (sulfide) groups is 1. The first-order valence-corrected chi connectivity index (χ1v) is 8.57. The first-order chi connectivity index (χ1) is 11.3. The molecular formula is C17H22N4O2S. The van der Waals surface area contributed by atoms with Crippen LogP contribution in [0.2, 0.25) is 0 Å². The number of aromatic amines is 1. The van der Waals surface area contributed by atoms with Crippen LogP contribution in [0.3, 0.4) is 0 Å². The van der Waals surface area contributed by atoms with Crippen LogP contribution < -0.4 is 0 Å². The van der Waals surface area contributed by atoms with Crippen LogP contribution in [-0.2, 0) is 6.54 Å². The van der Waals surface area contributed by atoms with E-state index < -0.39 is 0 Å². The largest absolute Gasteiger partial charge is 0.355 e. The predicted molar refractivity (Wildman–Crippen MR) is 94.9 cm³/mol. The van der Waals surface area contributed by atoms with E-state index in [9.17, 15) is 9.59 Å². The van der Waals surface area contributed by atoms with Crippen LogP contribution in [0.4, 0.5) is 0 Å². The Balaban J connectivity index is 2.27. The lowest BCUT2D eigenvalue weighted by Crippen LogP contribution is -2.16. The highest BCUT2D eigenvalue weighted by molar-refractivity contribution is 8.00. The van der Waals surface area contributed by atoms with Gasteiger partial charge in [-0.1, -0.05) is 17.8 Å². The second kappa shape index (κ2) is 7.17. The van der Waals surface area contributed by atoms with E-state index in [1.165, 1.54) is 18.7 Å². The second-order valence-corrected chi connectivity index (χ2v) is 7.04. The number of hydrogen-bond donors (Lipinski definition) is 1. The van der Waals surface area contributed by atoms with Crippen molar-refractivity contribution >= 4 is 23.3 Å². The average Bonchev–Trinajstić information content (AvgIpc) is 3.00. The Bertz CT molecular complexity index is 804. The maximum atomic E-state index is 12.8. The van der Waals surface area contributed by atoms with Gasteiger partial charge in [-0.3, -0.25) is 9.59 Å². The standard InChI is InChI=1S/C17H22N4O2S/c1-7-8-21-13(6)19-20-17(21)24-12(5)16(23)15-9(2)14(11(4)22)10(3)18-15/h7,12,18H,1,8H2,2-6H3/t12-/m1/s1. The van der Waals surface area contributed by atoms with E-state index in [-0.39, 0.29) is 16.8 Å². The third kappa shape index (κ3) is 3.36. The van der Waals surface area contributed by atoms with Crippen LogP contribution >= 0.6 is 11.8 Å². The van der Waals surface area contributed by atoms with Crippen molar-refractivity contribution in [3.05, 3.63) is 41.0 Å². The zero-order valence-electron chi connectivity index (χ0n) is 14.6. The van der Waals surface area contributed by atoms with Crippen molar-refractivity contribution in [2.75, 3.05) is 0 Å². The van der Waals surface area contributed by atoms with Gasteiger partial charge in [0.05, 0.1) is 10.9 Å². The minimum Gasteiger partial charge on any atom is -0.355 e. The van der Waals surface area contributed by atoms with Gasteiger partial charge in [0.2, 0.25) is 0 Å². The van der Waals surface area contributed by atoms with E-state index in [1.54, 1.807) is 13.0 Å². The molecular weight excluding hydrogens is 324 g/mol. The lowest BCUT2D eigenvalue weighted by Gasteiger charge is -2.11. The first-order valence-electron chi connectivity index (χ1n) is 7.69. The quantitative estimate of drug-likeness (QED) is 0.473. The van der Waals surface area contributed by atoms with Crippen molar-refractivity contribution < 1.29 is 9.59 Å². The molecule has 0 radical (unpaired) electrons. The Morgan fingerprint density at radius 3 is 2.54 bits per heavy atom. The number of nitrogens with zero attached hydrogens (tertiary/aromatic N) is 3. The lowest BCUT2D eigenvalue weighted by molar-refractivity contribution is 0.0988. The highest BCUT2D eigenvalue weighted by Crippen LogP contribution is 2.27. The fraction of sp³-hybridized carbons (Fsp3) is 0.412. The minimum atomic E-state index is -0.353. The van der Waals surface area contributed by atoms with Crippen molar-refractivity contribution in [2.45, 2.75) is 51.6 Å². The third-order valence-corrected chi connectivity index (χ3v) is 4.98. The molecule has 0 aliphatic carbocycles. The SMILES string of the molecule is C=CCn1c(C)nnc1S[C@H](C)C(=O)c1[nH]c(C)c(C(C)=O)c1C. The van der Waals surface area contributed by atoms with Crippen LogP contribution in [0.15, 0.2) is 17.8 Å². The number of Topliss-reactive ketones (excluding diaryl/α,β-unsaturated/α-hetero) is 2. The molecule has 6 nitrogen and oxygen atoms in total. The molecule has 128 valence electrons. The number of ketones is 2. The second-order valence-electron chi connectivity index (χ2n) is 5.73. The number of aromatic nitrogens is 4. The Hall–Kier alpha value is -2.15. The van der Waals surface area contributed by atoms with Crippen molar-refractivity contribution in [1.29, 1.82) is 0 Å². The van der Waals surface area contributed by atoms with Crippen molar-refractivity contribution in [3.63, 3.8) is 0 Å². The van der Waals surface area contributed by atoms with Gasteiger partial charge in [0.25, 0.3) is 0 Å². The number of hydrogen-bond acceptors (Lipinski definition) is 5. The summed E-state index contributed by atoms with van der Waals surface area (Å²) in [5, 5.41) is 8.52. The van der Waals surface area contributed by atoms with Gasteiger partial charge in [-0.05, 0) is 40.2 Å². The summed E-state index contributed by atoms with van der Waals surface area (Å²) in [6.45, 7) is 13.1. The van der Waals surface area contributed by atoms with E-state index in [1.807, 2.05) is 25.3 Å². The third-order valence-electron chi connectivity index (χ3n) is 3.90. The molecule has 0 aliphatic heterocycles. The molecule has 2 rings (SSSR count). The lowest BCUT2D eigenvalue weighted by atomic mass is 10.0. The Labute approximate surface area is 145 Å². The maximum absolute atomic E-state index is 12.8. The summed E-state index contributed by atoms with van der Waals surface area (Å²) in [7, 11) is 0. The molecule has 0 amide bonds. The van der Waals surface area contributed by atoms with Gasteiger partial charge in [-0.15, -0.1) is 16.8 Å². The topological polar surface area (TPSA) is 80.6 Å². The van der Waals surface area contributed by atoms with E-state index in [2.05, 4.69) is 21.8 Å². The molecule has 2 aromatic heterocycles. The van der Waals surface area contributed by atoms with E-state index in [0.717, 1.165) is 11.5 Å². The zero-order chi connectivity index (χ0) is 18.0. The smallest absolute Gasteiger partial charge is 0.192 e. The van der Waals surface area contributed by atoms with Crippen LogP contribution in [0.25, 0.3) is 0 Å². The number of aryl methyl sites for hydroxylation is 2. The zero-order valence-corrected chi connectivity index (χ0v) is 15.5. The molecule has 2 aromatic rings. The van der Waals surface area contributed by atoms with Gasteiger partial charge in [-0.2, -0.15) is 0 Å². The van der Waals surface area contributed by atoms with Gasteiger partial charge < -0.3 is 9.55 Å². The van der Waals surface area contributed by atoms with Gasteiger partial charge in [0.15, 0.2) is 16.7 Å². The van der Waals surface area contributed by atoms with Gasteiger partial charge in [0, 0.05) is 17.8 Å². The molecule has 24 heavy (non-hydrogen) atoms. The molecule has 0 fully saturated rings. The molecule has 0 aromatic carbocycles. The van der Waals surface area contributed by atoms with Crippen LogP contribution in [0.1, 0.15) is 51.8 Å². The predicted octanol–water partition coefficient (Wildman–Crippen LogP) is 3.28. The summed E-state index contributed by atoms with van der Waals surface area (Å²) in [5.41, 5.74) is 2.53. The number of nitrogens with one attached hydrogen (secondary N) is 1. The van der Waals surface area contributed by atoms with Gasteiger partial charge >= 0.3 is 0 Å². The van der Waals surface area contributed by atoms with Crippen LogP contribution in [0, 0.1) is 20.8 Å².